The van der Waals surface area contributed by atoms with Crippen molar-refractivity contribution in [1.29, 1.82) is 0 Å². The van der Waals surface area contributed by atoms with E-state index in [1.807, 2.05) is 0 Å². The van der Waals surface area contributed by atoms with Gasteiger partial charge in [-0.2, -0.15) is 0 Å². The zero-order valence-corrected chi connectivity index (χ0v) is 11.9. The Bertz CT molecular complexity index is 206. The molecule has 1 rings (SSSR count). The van der Waals surface area contributed by atoms with Crippen LogP contribution in [0.3, 0.4) is 0 Å². The minimum absolute atomic E-state index is 0.486. The maximum Gasteiger partial charge on any atom is -0.0321 e. The lowest BCUT2D eigenvalue weighted by atomic mass is 9.64. The summed E-state index contributed by atoms with van der Waals surface area (Å²) in [6.45, 7) is 17.0. The van der Waals surface area contributed by atoms with E-state index in [0.29, 0.717) is 10.8 Å². The Morgan fingerprint density at radius 2 is 1.47 bits per heavy atom. The fraction of sp³-hybridized carbons (Fsp3) is 1.00. The summed E-state index contributed by atoms with van der Waals surface area (Å²) in [5.41, 5.74) is 1.05. The summed E-state index contributed by atoms with van der Waals surface area (Å²) in [7, 11) is 0. The molecule has 0 amide bonds. The van der Waals surface area contributed by atoms with Gasteiger partial charge in [-0.3, -0.25) is 0 Å². The van der Waals surface area contributed by atoms with Gasteiger partial charge in [-0.1, -0.05) is 48.5 Å². The van der Waals surface area contributed by atoms with Crippen molar-refractivity contribution in [2.24, 2.45) is 28.6 Å². The Hall–Kier alpha value is 0. The molecule has 0 aromatic carbocycles. The fourth-order valence-corrected chi connectivity index (χ4v) is 3.25. The molecular weight excluding hydrogens is 180 g/mol. The highest BCUT2D eigenvalue weighted by atomic mass is 14.5. The van der Waals surface area contributed by atoms with E-state index in [1.165, 1.54) is 19.3 Å². The van der Waals surface area contributed by atoms with Gasteiger partial charge in [-0.25, -0.2) is 0 Å². The Balaban J connectivity index is 2.61. The Morgan fingerprint density at radius 1 is 1.00 bits per heavy atom. The first-order valence-electron chi connectivity index (χ1n) is 6.67. The number of rotatable bonds is 5. The van der Waals surface area contributed by atoms with Gasteiger partial charge in [0.15, 0.2) is 0 Å². The van der Waals surface area contributed by atoms with Gasteiger partial charge < -0.3 is 0 Å². The molecule has 0 heteroatoms. The minimum Gasteiger partial charge on any atom is -0.0625 e. The Kier molecular flexibility index (Phi) is 3.58. The molecule has 0 aromatic rings. The summed E-state index contributed by atoms with van der Waals surface area (Å²) in [6, 6.07) is 0. The molecule has 0 saturated heterocycles. The van der Waals surface area contributed by atoms with Gasteiger partial charge in [0.2, 0.25) is 0 Å². The average Bonchev–Trinajstić information content (AvgIpc) is 2.82. The summed E-state index contributed by atoms with van der Waals surface area (Å²) < 4.78 is 0. The molecule has 0 nitrogen and oxygen atoms in total. The van der Waals surface area contributed by atoms with Gasteiger partial charge in [0.1, 0.15) is 0 Å². The fourth-order valence-electron chi connectivity index (χ4n) is 3.25. The van der Waals surface area contributed by atoms with Crippen LogP contribution in [-0.2, 0) is 0 Å². The van der Waals surface area contributed by atoms with Crippen molar-refractivity contribution in [2.45, 2.75) is 67.7 Å². The minimum atomic E-state index is 0.486. The molecule has 1 fully saturated rings. The van der Waals surface area contributed by atoms with Gasteiger partial charge in [0.05, 0.1) is 0 Å². The highest BCUT2D eigenvalue weighted by Gasteiger charge is 2.42. The lowest BCUT2D eigenvalue weighted by Gasteiger charge is -2.41. The standard InChI is InChI=1S/C15H30/c1-11(2)12(3)14(4,5)10-15(6,7)13-8-9-13/h11-13H,8-10H2,1-7H3. The SMILES string of the molecule is CC(C)C(C)C(C)(C)CC(C)(C)C1CC1. The van der Waals surface area contributed by atoms with Crippen LogP contribution in [0, 0.1) is 28.6 Å². The lowest BCUT2D eigenvalue weighted by Crippen LogP contribution is -2.32. The van der Waals surface area contributed by atoms with E-state index in [1.54, 1.807) is 0 Å². The summed E-state index contributed by atoms with van der Waals surface area (Å²) in [4.78, 5) is 0. The Labute approximate surface area is 96.8 Å². The normalized spacial score (nSPS) is 20.8. The van der Waals surface area contributed by atoms with E-state index >= 15 is 0 Å². The van der Waals surface area contributed by atoms with Crippen molar-refractivity contribution in [3.05, 3.63) is 0 Å². The predicted molar refractivity (Wildman–Crippen MR) is 68.9 cm³/mol. The highest BCUT2D eigenvalue weighted by molar-refractivity contribution is 4.93. The summed E-state index contributed by atoms with van der Waals surface area (Å²) in [5, 5.41) is 0. The monoisotopic (exact) mass is 210 g/mol. The van der Waals surface area contributed by atoms with Crippen molar-refractivity contribution >= 4 is 0 Å². The maximum atomic E-state index is 2.47. The van der Waals surface area contributed by atoms with E-state index in [0.717, 1.165) is 17.8 Å². The van der Waals surface area contributed by atoms with Gasteiger partial charge in [0.25, 0.3) is 0 Å². The largest absolute Gasteiger partial charge is 0.0625 e. The van der Waals surface area contributed by atoms with Crippen molar-refractivity contribution in [3.8, 4) is 0 Å². The molecule has 0 radical (unpaired) electrons. The first-order chi connectivity index (χ1) is 6.67. The first kappa shape index (κ1) is 13.1. The van der Waals surface area contributed by atoms with Crippen LogP contribution in [0.5, 0.6) is 0 Å². The second kappa shape index (κ2) is 4.11. The number of hydrogen-bond acceptors (Lipinski definition) is 0. The zero-order valence-electron chi connectivity index (χ0n) is 11.9. The number of hydrogen-bond donors (Lipinski definition) is 0. The molecule has 1 aliphatic rings. The molecule has 0 bridgehead atoms. The van der Waals surface area contributed by atoms with E-state index < -0.39 is 0 Å². The highest BCUT2D eigenvalue weighted by Crippen LogP contribution is 2.52. The smallest absolute Gasteiger partial charge is 0.0321 e. The molecule has 90 valence electrons. The van der Waals surface area contributed by atoms with Crippen LogP contribution in [0.4, 0.5) is 0 Å². The molecule has 0 N–H and O–H groups in total. The van der Waals surface area contributed by atoms with Crippen molar-refractivity contribution in [3.63, 3.8) is 0 Å². The third-order valence-electron chi connectivity index (χ3n) is 4.83. The summed E-state index contributed by atoms with van der Waals surface area (Å²) >= 11 is 0. The van der Waals surface area contributed by atoms with Crippen LogP contribution in [-0.4, -0.2) is 0 Å². The maximum absolute atomic E-state index is 2.47. The molecule has 1 aliphatic carbocycles. The van der Waals surface area contributed by atoms with E-state index in [2.05, 4.69) is 48.5 Å². The van der Waals surface area contributed by atoms with Crippen LogP contribution in [0.15, 0.2) is 0 Å². The summed E-state index contributed by atoms with van der Waals surface area (Å²) in [5.74, 6) is 2.63. The lowest BCUT2D eigenvalue weighted by molar-refractivity contribution is 0.0885. The molecule has 0 heterocycles. The molecule has 1 unspecified atom stereocenters. The van der Waals surface area contributed by atoms with Gasteiger partial charge in [-0.15, -0.1) is 0 Å². The molecule has 0 aliphatic heterocycles. The van der Waals surface area contributed by atoms with E-state index in [4.69, 9.17) is 0 Å². The third kappa shape index (κ3) is 3.23. The quantitative estimate of drug-likeness (QED) is 0.590. The second-order valence-electron chi connectivity index (χ2n) is 7.46. The van der Waals surface area contributed by atoms with E-state index in [-0.39, 0.29) is 0 Å². The van der Waals surface area contributed by atoms with Crippen LogP contribution >= 0.6 is 0 Å². The Morgan fingerprint density at radius 3 is 1.80 bits per heavy atom. The second-order valence-corrected chi connectivity index (χ2v) is 7.46. The van der Waals surface area contributed by atoms with Crippen molar-refractivity contribution in [1.82, 2.24) is 0 Å². The molecule has 0 aromatic heterocycles. The summed E-state index contributed by atoms with van der Waals surface area (Å²) in [6.07, 6.45) is 4.32. The van der Waals surface area contributed by atoms with Gasteiger partial charge in [0, 0.05) is 0 Å². The molecule has 1 atom stereocenters. The molecular formula is C15H30. The first-order valence-corrected chi connectivity index (χ1v) is 6.67. The molecule has 15 heavy (non-hydrogen) atoms. The van der Waals surface area contributed by atoms with Gasteiger partial charge >= 0.3 is 0 Å². The van der Waals surface area contributed by atoms with Crippen LogP contribution in [0.25, 0.3) is 0 Å². The van der Waals surface area contributed by atoms with Crippen molar-refractivity contribution < 1.29 is 0 Å². The van der Waals surface area contributed by atoms with E-state index in [9.17, 15) is 0 Å². The average molecular weight is 210 g/mol. The van der Waals surface area contributed by atoms with Crippen molar-refractivity contribution in [2.75, 3.05) is 0 Å². The molecule has 1 saturated carbocycles. The van der Waals surface area contributed by atoms with Crippen LogP contribution in [0.2, 0.25) is 0 Å². The zero-order chi connectivity index (χ0) is 11.9. The van der Waals surface area contributed by atoms with Gasteiger partial charge in [-0.05, 0) is 47.8 Å². The topological polar surface area (TPSA) is 0 Å². The van der Waals surface area contributed by atoms with Crippen LogP contribution in [0.1, 0.15) is 67.7 Å². The predicted octanol–water partition coefficient (Wildman–Crippen LogP) is 5.13. The third-order valence-corrected chi connectivity index (χ3v) is 4.83. The van der Waals surface area contributed by atoms with Crippen LogP contribution < -0.4 is 0 Å². The molecule has 0 spiro atoms.